The zero-order chi connectivity index (χ0) is 49.0. The summed E-state index contributed by atoms with van der Waals surface area (Å²) in [6, 6.07) is 95.0. The van der Waals surface area contributed by atoms with Crippen molar-refractivity contribution in [1.29, 1.82) is 0 Å². The van der Waals surface area contributed by atoms with Crippen molar-refractivity contribution < 1.29 is 0 Å². The van der Waals surface area contributed by atoms with Crippen LogP contribution in [0.3, 0.4) is 0 Å². The van der Waals surface area contributed by atoms with Gasteiger partial charge in [-0.25, -0.2) is 0 Å². The lowest BCUT2D eigenvalue weighted by molar-refractivity contribution is 0.879. The Kier molecular flexibility index (Phi) is 10.7. The Labute approximate surface area is 431 Å². The molecule has 3 heteroatoms. The van der Waals surface area contributed by atoms with Crippen LogP contribution in [0.1, 0.15) is 22.3 Å². The van der Waals surface area contributed by atoms with E-state index in [1.54, 1.807) is 0 Å². The molecule has 0 aliphatic heterocycles. The van der Waals surface area contributed by atoms with Crippen LogP contribution in [-0.4, -0.2) is 15.4 Å². The van der Waals surface area contributed by atoms with E-state index < -0.39 is 0 Å². The fourth-order valence-corrected chi connectivity index (χ4v) is 12.0. The maximum atomic E-state index is 5.24. The van der Waals surface area contributed by atoms with Crippen molar-refractivity contribution in [3.63, 3.8) is 0 Å². The van der Waals surface area contributed by atoms with Crippen LogP contribution in [0.25, 0.3) is 123 Å². The first-order valence-electron chi connectivity index (χ1n) is 25.5. The molecule has 0 radical (unpaired) electrons. The molecule has 11 aromatic carbocycles. The quantitative estimate of drug-likeness (QED) is 0.145. The van der Waals surface area contributed by atoms with Crippen molar-refractivity contribution in [2.45, 2.75) is 12.8 Å². The van der Waals surface area contributed by atoms with Gasteiger partial charge in [-0.3, -0.25) is 0 Å². The lowest BCUT2D eigenvalue weighted by Crippen LogP contribution is -2.05. The number of hydrogen-bond donors (Lipinski definition) is 0. The largest absolute Gasteiger partial charge is 0.129 e. The SMILES string of the molecule is c1ccc(-c2cc3c(c(-c4cccc(-c5nnnc(-c6ccccc6)c5-c5ccccc5)c4-c4c5c(cc(-c6ccccc6)c4-c4ccccc4)-c4ccccc4C5)c2-c2ccccc2)Cc2ccccc2-3)cc1. The highest BCUT2D eigenvalue weighted by Crippen LogP contribution is 2.58. The average Bonchev–Trinajstić information content (AvgIpc) is 4.06. The maximum Gasteiger partial charge on any atom is 0.105 e. The monoisotopic (exact) mass is 941 g/mol. The number of fused-ring (bicyclic) bond motifs is 6. The lowest BCUT2D eigenvalue weighted by Gasteiger charge is -2.28. The third kappa shape index (κ3) is 7.24. The number of benzene rings is 11. The topological polar surface area (TPSA) is 38.7 Å². The molecule has 346 valence electrons. The van der Waals surface area contributed by atoms with Crippen molar-refractivity contribution in [2.75, 3.05) is 0 Å². The Bertz CT molecular complexity index is 4080. The van der Waals surface area contributed by atoms with Crippen LogP contribution in [0.5, 0.6) is 0 Å². The lowest BCUT2D eigenvalue weighted by atomic mass is 9.75. The standard InChI is InChI=1S/C71H47N3/c1-7-24-46(25-8-1)58-44-60-54-38-21-19-36-52(54)42-62(60)68(64(58)48-28-11-3-12-29-48)56-40-23-41-57(71-66(50-32-15-5-16-33-50)70(72-74-73-71)51-34-17-6-18-35-51)67(56)69-63-43-53-37-20-22-39-55(53)61(63)45-59(47-26-9-2-10-27-47)65(69)49-30-13-4-14-31-49/h1-41,44-45H,42-43H2. The maximum absolute atomic E-state index is 5.24. The van der Waals surface area contributed by atoms with E-state index in [9.17, 15) is 0 Å². The van der Waals surface area contributed by atoms with E-state index in [2.05, 4.69) is 261 Å². The van der Waals surface area contributed by atoms with E-state index >= 15 is 0 Å². The zero-order valence-electron chi connectivity index (χ0n) is 40.6. The van der Waals surface area contributed by atoms with Crippen LogP contribution < -0.4 is 0 Å². The molecule has 0 bridgehead atoms. The number of hydrogen-bond acceptors (Lipinski definition) is 3. The predicted octanol–water partition coefficient (Wildman–Crippen LogP) is 18.0. The van der Waals surface area contributed by atoms with Crippen molar-refractivity contribution in [3.8, 4) is 123 Å². The Balaban J connectivity index is 1.22. The Morgan fingerprint density at radius 2 is 0.581 bits per heavy atom. The summed E-state index contributed by atoms with van der Waals surface area (Å²) in [6.07, 6.45) is 1.56. The molecule has 0 amide bonds. The average molecular weight is 942 g/mol. The van der Waals surface area contributed by atoms with Crippen LogP contribution in [-0.2, 0) is 12.8 Å². The highest BCUT2D eigenvalue weighted by atomic mass is 15.3. The van der Waals surface area contributed by atoms with Gasteiger partial charge in [0.25, 0.3) is 0 Å². The van der Waals surface area contributed by atoms with Gasteiger partial charge in [-0.05, 0) is 147 Å². The Morgan fingerprint density at radius 3 is 1.08 bits per heavy atom. The molecule has 0 fully saturated rings. The first-order valence-corrected chi connectivity index (χ1v) is 25.5. The van der Waals surface area contributed by atoms with Gasteiger partial charge in [0.15, 0.2) is 0 Å². The number of nitrogens with zero attached hydrogens (tertiary/aromatic N) is 3. The summed E-state index contributed by atoms with van der Waals surface area (Å²) in [5.74, 6) is 0. The number of rotatable bonds is 9. The third-order valence-electron chi connectivity index (χ3n) is 15.2. The first-order chi connectivity index (χ1) is 36.8. The minimum absolute atomic E-state index is 0.769. The molecule has 0 saturated heterocycles. The summed E-state index contributed by atoms with van der Waals surface area (Å²) in [5.41, 5.74) is 29.9. The summed E-state index contributed by atoms with van der Waals surface area (Å²) in [6.45, 7) is 0. The van der Waals surface area contributed by atoms with E-state index in [1.807, 2.05) is 0 Å². The number of aromatic nitrogens is 3. The second kappa shape index (κ2) is 18.2. The normalized spacial score (nSPS) is 11.9. The second-order valence-corrected chi connectivity index (χ2v) is 19.4. The van der Waals surface area contributed by atoms with Crippen molar-refractivity contribution in [2.24, 2.45) is 0 Å². The van der Waals surface area contributed by atoms with Gasteiger partial charge in [0.1, 0.15) is 11.4 Å². The molecular formula is C71H47N3. The van der Waals surface area contributed by atoms with E-state index in [0.717, 1.165) is 74.3 Å². The molecule has 0 saturated carbocycles. The third-order valence-corrected chi connectivity index (χ3v) is 15.2. The van der Waals surface area contributed by atoms with Gasteiger partial charge < -0.3 is 0 Å². The molecule has 2 aliphatic carbocycles. The minimum atomic E-state index is 0.769. The Hall–Kier alpha value is -9.57. The van der Waals surface area contributed by atoms with Gasteiger partial charge in [0.2, 0.25) is 0 Å². The predicted molar refractivity (Wildman–Crippen MR) is 305 cm³/mol. The molecular weight excluding hydrogens is 895 g/mol. The highest BCUT2D eigenvalue weighted by Gasteiger charge is 2.35. The second-order valence-electron chi connectivity index (χ2n) is 19.4. The Morgan fingerprint density at radius 1 is 0.216 bits per heavy atom. The molecule has 0 spiro atoms. The molecule has 74 heavy (non-hydrogen) atoms. The minimum Gasteiger partial charge on any atom is -0.129 e. The van der Waals surface area contributed by atoms with Crippen molar-refractivity contribution in [1.82, 2.24) is 15.4 Å². The molecule has 12 aromatic rings. The van der Waals surface area contributed by atoms with Crippen LogP contribution in [0, 0.1) is 0 Å². The van der Waals surface area contributed by atoms with Gasteiger partial charge in [0.05, 0.1) is 0 Å². The summed E-state index contributed by atoms with van der Waals surface area (Å²) in [5, 5.41) is 14.9. The summed E-state index contributed by atoms with van der Waals surface area (Å²) in [4.78, 5) is 0. The zero-order valence-corrected chi connectivity index (χ0v) is 40.6. The van der Waals surface area contributed by atoms with Gasteiger partial charge >= 0.3 is 0 Å². The smallest absolute Gasteiger partial charge is 0.105 e. The summed E-state index contributed by atoms with van der Waals surface area (Å²) < 4.78 is 0. The van der Waals surface area contributed by atoms with Crippen LogP contribution >= 0.6 is 0 Å². The summed E-state index contributed by atoms with van der Waals surface area (Å²) in [7, 11) is 0. The fraction of sp³-hybridized carbons (Fsp3) is 0.0282. The van der Waals surface area contributed by atoms with E-state index in [4.69, 9.17) is 15.4 Å². The van der Waals surface area contributed by atoms with Gasteiger partial charge in [-0.1, -0.05) is 249 Å². The van der Waals surface area contributed by atoms with Crippen molar-refractivity contribution >= 4 is 0 Å². The van der Waals surface area contributed by atoms with Gasteiger partial charge in [0, 0.05) is 16.7 Å². The molecule has 0 atom stereocenters. The highest BCUT2D eigenvalue weighted by molar-refractivity contribution is 6.13. The van der Waals surface area contributed by atoms with Gasteiger partial charge in [-0.15, -0.1) is 10.2 Å². The molecule has 0 N–H and O–H groups in total. The summed E-state index contributed by atoms with van der Waals surface area (Å²) >= 11 is 0. The van der Waals surface area contributed by atoms with E-state index in [-0.39, 0.29) is 0 Å². The molecule has 0 unspecified atom stereocenters. The molecule has 2 aliphatic rings. The van der Waals surface area contributed by atoms with E-state index in [0.29, 0.717) is 0 Å². The molecule has 1 aromatic heterocycles. The molecule has 14 rings (SSSR count). The van der Waals surface area contributed by atoms with Crippen LogP contribution in [0.2, 0.25) is 0 Å². The first kappa shape index (κ1) is 43.2. The van der Waals surface area contributed by atoms with Crippen LogP contribution in [0.15, 0.2) is 261 Å². The van der Waals surface area contributed by atoms with Crippen molar-refractivity contribution in [3.05, 3.63) is 283 Å². The molecule has 1 heterocycles. The molecule has 3 nitrogen and oxygen atoms in total. The fourth-order valence-electron chi connectivity index (χ4n) is 12.0. The van der Waals surface area contributed by atoms with Gasteiger partial charge in [-0.2, -0.15) is 0 Å². The van der Waals surface area contributed by atoms with Crippen LogP contribution in [0.4, 0.5) is 0 Å². The van der Waals surface area contributed by atoms with E-state index in [1.165, 1.54) is 83.5 Å².